The lowest BCUT2D eigenvalue weighted by molar-refractivity contribution is -0.138. The molecule has 0 saturated carbocycles. The predicted octanol–water partition coefficient (Wildman–Crippen LogP) is 4.65. The molecule has 11 heteroatoms. The summed E-state index contributed by atoms with van der Waals surface area (Å²) < 4.78 is 9.14. The summed E-state index contributed by atoms with van der Waals surface area (Å²) >= 11 is 8.42. The van der Waals surface area contributed by atoms with Crippen LogP contribution < -0.4 is 10.5 Å². The fraction of sp³-hybridized carbons (Fsp3) is 0.176. The van der Waals surface area contributed by atoms with Gasteiger partial charge < -0.3 is 25.8 Å². The van der Waals surface area contributed by atoms with Gasteiger partial charge in [-0.05, 0) is 127 Å². The number of ether oxygens (including phenoxy) is 1. The number of carbonyl (C=O) groups is 2. The SMILES string of the molecule is CC(=O)O.NC(Cc1cc(I)c(Oc2cc(I)c(O)c(I)c2)c(I)c1)C(=O)O. The van der Waals surface area contributed by atoms with E-state index in [2.05, 4.69) is 90.4 Å². The molecule has 0 spiro atoms. The summed E-state index contributed by atoms with van der Waals surface area (Å²) in [7, 11) is 0. The van der Waals surface area contributed by atoms with Crippen molar-refractivity contribution in [2.75, 3.05) is 0 Å². The van der Waals surface area contributed by atoms with Gasteiger partial charge in [0.15, 0.2) is 5.75 Å². The van der Waals surface area contributed by atoms with Gasteiger partial charge in [0.1, 0.15) is 17.5 Å². The Morgan fingerprint density at radius 3 is 1.82 bits per heavy atom. The molecule has 0 aliphatic carbocycles. The van der Waals surface area contributed by atoms with Crippen LogP contribution in [0.2, 0.25) is 0 Å². The lowest BCUT2D eigenvalue weighted by atomic mass is 10.1. The molecule has 1 atom stereocenters. The van der Waals surface area contributed by atoms with Gasteiger partial charge in [0, 0.05) is 6.92 Å². The third-order valence-corrected chi connectivity index (χ3v) is 6.29. The van der Waals surface area contributed by atoms with E-state index in [1.54, 1.807) is 12.1 Å². The van der Waals surface area contributed by atoms with Crippen molar-refractivity contribution in [3.63, 3.8) is 0 Å². The molecule has 0 heterocycles. The Labute approximate surface area is 216 Å². The van der Waals surface area contributed by atoms with E-state index in [-0.39, 0.29) is 12.2 Å². The Morgan fingerprint density at radius 1 is 1.00 bits per heavy atom. The number of hydrogen-bond donors (Lipinski definition) is 4. The van der Waals surface area contributed by atoms with Crippen LogP contribution in [0.1, 0.15) is 12.5 Å². The predicted molar refractivity (Wildman–Crippen MR) is 138 cm³/mol. The zero-order valence-corrected chi connectivity index (χ0v) is 22.9. The first-order valence-corrected chi connectivity index (χ1v) is 11.8. The average molecular weight is 837 g/mol. The molecule has 5 N–H and O–H groups in total. The largest absolute Gasteiger partial charge is 0.506 e. The van der Waals surface area contributed by atoms with Crippen molar-refractivity contribution < 1.29 is 29.6 Å². The van der Waals surface area contributed by atoms with Gasteiger partial charge in [-0.3, -0.25) is 9.59 Å². The molecule has 2 aromatic rings. The molecule has 0 saturated heterocycles. The van der Waals surface area contributed by atoms with Crippen LogP contribution in [0, 0.1) is 14.3 Å². The minimum Gasteiger partial charge on any atom is -0.506 e. The van der Waals surface area contributed by atoms with Gasteiger partial charge in [0.2, 0.25) is 0 Å². The van der Waals surface area contributed by atoms with Crippen molar-refractivity contribution in [3.8, 4) is 17.2 Å². The first kappa shape index (κ1) is 25.9. The molecule has 0 bridgehead atoms. The van der Waals surface area contributed by atoms with Crippen LogP contribution in [-0.4, -0.2) is 33.3 Å². The van der Waals surface area contributed by atoms with E-state index in [9.17, 15) is 9.90 Å². The summed E-state index contributed by atoms with van der Waals surface area (Å²) in [4.78, 5) is 19.9. The molecule has 0 aromatic heterocycles. The van der Waals surface area contributed by atoms with Crippen molar-refractivity contribution >= 4 is 102 Å². The third kappa shape index (κ3) is 8.31. The van der Waals surface area contributed by atoms with Crippen molar-refractivity contribution in [1.29, 1.82) is 0 Å². The lowest BCUT2D eigenvalue weighted by Crippen LogP contribution is -2.32. The number of carboxylic acid groups (broad SMARTS) is 2. The Hall–Kier alpha value is -0.140. The first-order valence-electron chi connectivity index (χ1n) is 7.44. The Balaban J connectivity index is 0.000000892. The summed E-state index contributed by atoms with van der Waals surface area (Å²) in [5, 5.41) is 26.2. The summed E-state index contributed by atoms with van der Waals surface area (Å²) in [6, 6.07) is 6.34. The number of hydrogen-bond acceptors (Lipinski definition) is 5. The number of rotatable bonds is 5. The summed E-state index contributed by atoms with van der Waals surface area (Å²) in [6.07, 6.45) is 0.261. The molecule has 0 aliphatic rings. The molecule has 2 aromatic carbocycles. The lowest BCUT2D eigenvalue weighted by Gasteiger charge is -2.14. The Bertz CT molecular complexity index is 840. The van der Waals surface area contributed by atoms with Crippen molar-refractivity contribution in [2.45, 2.75) is 19.4 Å². The molecule has 7 nitrogen and oxygen atoms in total. The Morgan fingerprint density at radius 2 is 1.43 bits per heavy atom. The zero-order chi connectivity index (χ0) is 21.6. The molecule has 0 radical (unpaired) electrons. The van der Waals surface area contributed by atoms with E-state index in [4.69, 9.17) is 25.5 Å². The van der Waals surface area contributed by atoms with Crippen molar-refractivity contribution in [1.82, 2.24) is 0 Å². The Kier molecular flexibility index (Phi) is 11.0. The monoisotopic (exact) mass is 837 g/mol. The highest BCUT2D eigenvalue weighted by atomic mass is 127. The minimum atomic E-state index is -1.02. The maximum absolute atomic E-state index is 10.9. The van der Waals surface area contributed by atoms with E-state index in [0.29, 0.717) is 18.6 Å². The summed E-state index contributed by atoms with van der Waals surface area (Å²) in [5.74, 6) is -0.284. The van der Waals surface area contributed by atoms with Crippen molar-refractivity contribution in [3.05, 3.63) is 44.1 Å². The second-order valence-corrected chi connectivity index (χ2v) is 10.0. The second kappa shape index (κ2) is 11.9. The van der Waals surface area contributed by atoms with Crippen molar-refractivity contribution in [2.24, 2.45) is 5.73 Å². The normalized spacial score (nSPS) is 11.2. The number of halogens is 4. The van der Waals surface area contributed by atoms with Gasteiger partial charge in [-0.25, -0.2) is 0 Å². The van der Waals surface area contributed by atoms with Crippen LogP contribution >= 0.6 is 90.4 Å². The van der Waals surface area contributed by atoms with Crippen LogP contribution in [0.4, 0.5) is 0 Å². The smallest absolute Gasteiger partial charge is 0.320 e. The number of carboxylic acids is 2. The van der Waals surface area contributed by atoms with Crippen LogP contribution in [0.3, 0.4) is 0 Å². The van der Waals surface area contributed by atoms with Gasteiger partial charge in [-0.2, -0.15) is 0 Å². The number of phenolic OH excluding ortho intramolecular Hbond substituents is 1. The highest BCUT2D eigenvalue weighted by Crippen LogP contribution is 2.36. The van der Waals surface area contributed by atoms with Crippen LogP contribution in [0.15, 0.2) is 24.3 Å². The molecule has 0 amide bonds. The standard InChI is InChI=1S/C15H11I4NO4.C2H4O2/c16-8-4-7(5-9(17)13(8)21)24-14-10(18)1-6(2-11(14)19)3-12(20)15(22)23;1-2(3)4/h1-2,4-5,12,21H,3,20H2,(H,22,23);1H3,(H,3,4). The van der Waals surface area contributed by atoms with Gasteiger partial charge in [0.05, 0.1) is 14.3 Å². The van der Waals surface area contributed by atoms with Crippen LogP contribution in [-0.2, 0) is 16.0 Å². The van der Waals surface area contributed by atoms with E-state index in [0.717, 1.165) is 19.6 Å². The van der Waals surface area contributed by atoms with E-state index < -0.39 is 18.0 Å². The van der Waals surface area contributed by atoms with Gasteiger partial charge in [-0.15, -0.1) is 0 Å². The van der Waals surface area contributed by atoms with E-state index in [1.165, 1.54) is 0 Å². The molecule has 152 valence electrons. The molecular weight excluding hydrogens is 822 g/mol. The highest BCUT2D eigenvalue weighted by molar-refractivity contribution is 14.1. The number of aromatic hydroxyl groups is 1. The summed E-state index contributed by atoms with van der Waals surface area (Å²) in [6.45, 7) is 1.08. The number of phenols is 1. The van der Waals surface area contributed by atoms with E-state index >= 15 is 0 Å². The molecular formula is C17H15I4NO6. The van der Waals surface area contributed by atoms with Gasteiger partial charge >= 0.3 is 5.97 Å². The zero-order valence-electron chi connectivity index (χ0n) is 14.2. The van der Waals surface area contributed by atoms with Crippen LogP contribution in [0.25, 0.3) is 0 Å². The molecule has 2 rings (SSSR count). The fourth-order valence-corrected chi connectivity index (χ4v) is 5.72. The molecule has 0 aliphatic heterocycles. The second-order valence-electron chi connectivity index (χ2n) is 5.39. The van der Waals surface area contributed by atoms with Gasteiger partial charge in [0.25, 0.3) is 5.97 Å². The maximum Gasteiger partial charge on any atom is 0.320 e. The number of aliphatic carboxylic acids is 2. The molecule has 28 heavy (non-hydrogen) atoms. The van der Waals surface area contributed by atoms with Gasteiger partial charge in [-0.1, -0.05) is 0 Å². The van der Waals surface area contributed by atoms with E-state index in [1.807, 2.05) is 12.1 Å². The average Bonchev–Trinajstić information content (AvgIpc) is 2.55. The maximum atomic E-state index is 10.9. The number of nitrogens with two attached hydrogens (primary N) is 1. The third-order valence-electron chi connectivity index (χ3n) is 3.04. The highest BCUT2D eigenvalue weighted by Gasteiger charge is 2.16. The molecule has 0 fully saturated rings. The minimum absolute atomic E-state index is 0.242. The summed E-state index contributed by atoms with van der Waals surface area (Å²) in [5.41, 5.74) is 6.44. The topological polar surface area (TPSA) is 130 Å². The first-order chi connectivity index (χ1) is 12.9. The van der Waals surface area contributed by atoms with Crippen LogP contribution in [0.5, 0.6) is 17.2 Å². The molecule has 1 unspecified atom stereocenters. The fourth-order valence-electron chi connectivity index (χ4n) is 1.89. The number of benzene rings is 2. The quantitative estimate of drug-likeness (QED) is 0.323.